The van der Waals surface area contributed by atoms with Crippen molar-refractivity contribution in [2.24, 2.45) is 0 Å². The zero-order valence-electron chi connectivity index (χ0n) is 12.3. The first-order valence-corrected chi connectivity index (χ1v) is 8.43. The van der Waals surface area contributed by atoms with E-state index in [0.717, 1.165) is 25.1 Å². The van der Waals surface area contributed by atoms with Crippen LogP contribution in [0.4, 0.5) is 0 Å². The van der Waals surface area contributed by atoms with Crippen molar-refractivity contribution in [3.63, 3.8) is 0 Å². The van der Waals surface area contributed by atoms with Gasteiger partial charge in [-0.05, 0) is 37.8 Å². The molecule has 0 fully saturated rings. The van der Waals surface area contributed by atoms with E-state index in [9.17, 15) is 0 Å². The zero-order valence-corrected chi connectivity index (χ0v) is 13.2. The van der Waals surface area contributed by atoms with E-state index in [-0.39, 0.29) is 0 Å². The topological polar surface area (TPSA) is 47.0 Å². The number of rotatable bonds is 6. The van der Waals surface area contributed by atoms with Crippen molar-refractivity contribution in [1.29, 1.82) is 0 Å². The summed E-state index contributed by atoms with van der Waals surface area (Å²) in [7, 11) is 0. The zero-order chi connectivity index (χ0) is 14.5. The van der Waals surface area contributed by atoms with E-state index in [4.69, 9.17) is 9.72 Å². The van der Waals surface area contributed by atoms with E-state index >= 15 is 0 Å². The molecule has 5 heteroatoms. The van der Waals surface area contributed by atoms with Crippen LogP contribution in [0.15, 0.2) is 24.5 Å². The van der Waals surface area contributed by atoms with Crippen LogP contribution >= 0.6 is 11.3 Å². The van der Waals surface area contributed by atoms with Gasteiger partial charge in [0.05, 0.1) is 16.9 Å². The van der Waals surface area contributed by atoms with Crippen LogP contribution in [-0.4, -0.2) is 23.1 Å². The highest BCUT2D eigenvalue weighted by Crippen LogP contribution is 2.34. The molecule has 0 saturated carbocycles. The molecule has 0 amide bonds. The first-order valence-electron chi connectivity index (χ1n) is 7.61. The summed E-state index contributed by atoms with van der Waals surface area (Å²) in [5, 5.41) is 4.87. The summed E-state index contributed by atoms with van der Waals surface area (Å²) < 4.78 is 5.67. The van der Waals surface area contributed by atoms with Gasteiger partial charge in [-0.15, -0.1) is 11.3 Å². The Kier molecular flexibility index (Phi) is 4.83. The average Bonchev–Trinajstić information content (AvgIpc) is 2.96. The van der Waals surface area contributed by atoms with Gasteiger partial charge >= 0.3 is 0 Å². The first kappa shape index (κ1) is 14.5. The molecule has 21 heavy (non-hydrogen) atoms. The number of thiazole rings is 1. The van der Waals surface area contributed by atoms with Crippen LogP contribution in [0.1, 0.15) is 41.4 Å². The highest BCUT2D eigenvalue weighted by molar-refractivity contribution is 7.11. The Hall–Kier alpha value is -1.46. The predicted molar refractivity (Wildman–Crippen MR) is 84.9 cm³/mol. The lowest BCUT2D eigenvalue weighted by Crippen LogP contribution is -2.28. The second-order valence-corrected chi connectivity index (χ2v) is 6.32. The fourth-order valence-corrected chi connectivity index (χ4v) is 3.81. The molecule has 1 aliphatic rings. The molecule has 0 aliphatic heterocycles. The lowest BCUT2D eigenvalue weighted by Gasteiger charge is -2.22. The second kappa shape index (κ2) is 7.00. The van der Waals surface area contributed by atoms with E-state index in [1.807, 2.05) is 23.5 Å². The molecule has 0 saturated heterocycles. The smallest absolute Gasteiger partial charge is 0.137 e. The van der Waals surface area contributed by atoms with Crippen molar-refractivity contribution < 1.29 is 4.74 Å². The van der Waals surface area contributed by atoms with E-state index in [2.05, 4.69) is 17.2 Å². The van der Waals surface area contributed by atoms with Crippen LogP contribution in [0.3, 0.4) is 0 Å². The molecule has 1 aliphatic carbocycles. The van der Waals surface area contributed by atoms with Crippen LogP contribution in [0.25, 0.3) is 0 Å². The molecule has 3 rings (SSSR count). The fraction of sp³-hybridized carbons (Fsp3) is 0.500. The predicted octanol–water partition coefficient (Wildman–Crippen LogP) is 3.15. The standard InChI is InChI=1S/C16H21N3OS/c1-2-15-19-14-7-3-6-13(16(14)21-15)18-9-10-20-12-5-4-8-17-11-12/h4-5,8,11,13,18H,2-3,6-7,9-10H2,1H3. The van der Waals surface area contributed by atoms with E-state index in [0.29, 0.717) is 12.6 Å². The third-order valence-electron chi connectivity index (χ3n) is 3.69. The molecule has 4 nitrogen and oxygen atoms in total. The molecule has 0 radical (unpaired) electrons. The summed E-state index contributed by atoms with van der Waals surface area (Å²) in [6, 6.07) is 4.27. The number of nitrogens with one attached hydrogen (secondary N) is 1. The number of fused-ring (bicyclic) bond motifs is 1. The second-order valence-electron chi connectivity index (χ2n) is 5.21. The summed E-state index contributed by atoms with van der Waals surface area (Å²) in [4.78, 5) is 10.2. The summed E-state index contributed by atoms with van der Waals surface area (Å²) in [6.07, 6.45) is 8.09. The minimum absolute atomic E-state index is 0.448. The van der Waals surface area contributed by atoms with Gasteiger partial charge in [0.25, 0.3) is 0 Å². The van der Waals surface area contributed by atoms with Gasteiger partial charge in [-0.2, -0.15) is 0 Å². The van der Waals surface area contributed by atoms with Gasteiger partial charge in [0.15, 0.2) is 0 Å². The molecule has 0 spiro atoms. The van der Waals surface area contributed by atoms with Crippen molar-refractivity contribution in [2.75, 3.05) is 13.2 Å². The van der Waals surface area contributed by atoms with Crippen LogP contribution in [0, 0.1) is 0 Å². The Morgan fingerprint density at radius 3 is 3.24 bits per heavy atom. The van der Waals surface area contributed by atoms with Crippen LogP contribution in [0.5, 0.6) is 5.75 Å². The molecule has 1 atom stereocenters. The van der Waals surface area contributed by atoms with Gasteiger partial charge in [0.2, 0.25) is 0 Å². The number of hydrogen-bond donors (Lipinski definition) is 1. The van der Waals surface area contributed by atoms with Crippen LogP contribution < -0.4 is 10.1 Å². The Labute approximate surface area is 129 Å². The maximum atomic E-state index is 5.67. The number of nitrogens with zero attached hydrogens (tertiary/aromatic N) is 2. The number of pyridine rings is 1. The highest BCUT2D eigenvalue weighted by Gasteiger charge is 2.23. The van der Waals surface area contributed by atoms with E-state index < -0.39 is 0 Å². The average molecular weight is 303 g/mol. The van der Waals surface area contributed by atoms with Crippen molar-refractivity contribution in [1.82, 2.24) is 15.3 Å². The van der Waals surface area contributed by atoms with Gasteiger partial charge in [-0.1, -0.05) is 6.92 Å². The molecular formula is C16H21N3OS. The Balaban J connectivity index is 1.51. The number of aromatic nitrogens is 2. The largest absolute Gasteiger partial charge is 0.491 e. The van der Waals surface area contributed by atoms with E-state index in [1.54, 1.807) is 12.4 Å². The van der Waals surface area contributed by atoms with Gasteiger partial charge in [0.1, 0.15) is 12.4 Å². The monoisotopic (exact) mass is 303 g/mol. The van der Waals surface area contributed by atoms with Gasteiger partial charge in [0, 0.05) is 23.7 Å². The van der Waals surface area contributed by atoms with Crippen molar-refractivity contribution in [2.45, 2.75) is 38.6 Å². The maximum absolute atomic E-state index is 5.67. The summed E-state index contributed by atoms with van der Waals surface area (Å²) in [6.45, 7) is 3.68. The Morgan fingerprint density at radius 2 is 2.43 bits per heavy atom. The number of hydrogen-bond acceptors (Lipinski definition) is 5. The molecule has 2 aromatic heterocycles. The molecule has 1 N–H and O–H groups in total. The molecule has 2 aromatic rings. The minimum Gasteiger partial charge on any atom is -0.491 e. The summed E-state index contributed by atoms with van der Waals surface area (Å²) >= 11 is 1.87. The molecule has 0 aromatic carbocycles. The summed E-state index contributed by atoms with van der Waals surface area (Å²) in [5.74, 6) is 0.828. The highest BCUT2D eigenvalue weighted by atomic mass is 32.1. The van der Waals surface area contributed by atoms with Crippen LogP contribution in [-0.2, 0) is 12.8 Å². The number of ether oxygens (including phenoxy) is 1. The minimum atomic E-state index is 0.448. The third-order valence-corrected chi connectivity index (χ3v) is 5.05. The fourth-order valence-electron chi connectivity index (χ4n) is 2.65. The maximum Gasteiger partial charge on any atom is 0.137 e. The molecule has 2 heterocycles. The first-order chi connectivity index (χ1) is 10.4. The van der Waals surface area contributed by atoms with Crippen molar-refractivity contribution >= 4 is 11.3 Å². The number of aryl methyl sites for hydroxylation is 2. The Morgan fingerprint density at radius 1 is 1.48 bits per heavy atom. The molecule has 1 unspecified atom stereocenters. The Bertz CT molecular complexity index is 570. The van der Waals surface area contributed by atoms with Gasteiger partial charge in [-0.3, -0.25) is 4.98 Å². The normalized spacial score (nSPS) is 17.5. The molecule has 0 bridgehead atoms. The van der Waals surface area contributed by atoms with Crippen molar-refractivity contribution in [3.8, 4) is 5.75 Å². The molecule has 112 valence electrons. The quantitative estimate of drug-likeness (QED) is 0.833. The third kappa shape index (κ3) is 3.60. The van der Waals surface area contributed by atoms with Crippen molar-refractivity contribution in [3.05, 3.63) is 40.1 Å². The van der Waals surface area contributed by atoms with Gasteiger partial charge < -0.3 is 10.1 Å². The van der Waals surface area contributed by atoms with Crippen LogP contribution in [0.2, 0.25) is 0 Å². The van der Waals surface area contributed by atoms with Gasteiger partial charge in [-0.25, -0.2) is 4.98 Å². The lowest BCUT2D eigenvalue weighted by molar-refractivity contribution is 0.300. The molecular weight excluding hydrogens is 282 g/mol. The lowest BCUT2D eigenvalue weighted by atomic mass is 9.98. The summed E-state index contributed by atoms with van der Waals surface area (Å²) in [5.41, 5.74) is 1.31. The SMILES string of the molecule is CCc1nc2c(s1)C(NCCOc1cccnc1)CCC2. The van der Waals surface area contributed by atoms with E-state index in [1.165, 1.54) is 28.4 Å².